The van der Waals surface area contributed by atoms with E-state index in [4.69, 9.17) is 14.6 Å². The Hall–Kier alpha value is -1.40. The van der Waals surface area contributed by atoms with Gasteiger partial charge < -0.3 is 19.5 Å². The Morgan fingerprint density at radius 3 is 2.00 bits per heavy atom. The van der Waals surface area contributed by atoms with Crippen molar-refractivity contribution in [2.45, 2.75) is 37.9 Å². The third kappa shape index (κ3) is 4.61. The summed E-state index contributed by atoms with van der Waals surface area (Å²) in [5.74, 6) is -1.41. The number of ether oxygens (including phenoxy) is 2. The number of hydrogen-bond donors (Lipinski definition) is 1. The molecule has 2 saturated heterocycles. The number of carbonyl (C=O) groups is 2. The number of hydrogen-bond acceptors (Lipinski definition) is 4. The Kier molecular flexibility index (Phi) is 5.55. The van der Waals surface area contributed by atoms with Crippen LogP contribution in [0.5, 0.6) is 0 Å². The molecule has 20 heavy (non-hydrogen) atoms. The minimum absolute atomic E-state index is 0.0542. The minimum atomic E-state index is -1.12. The standard InChI is InChI=1S/C14H21NO5/c16-13(5-6-14(17)18)15(9-11-3-1-7-19-11)10-12-4-2-8-20-12/h5-6,11-12H,1-4,7-10H2,(H,17,18)/b6-5+. The third-order valence-corrected chi connectivity index (χ3v) is 3.58. The van der Waals surface area contributed by atoms with Gasteiger partial charge in [-0.05, 0) is 25.7 Å². The number of aliphatic carboxylic acids is 1. The van der Waals surface area contributed by atoms with Crippen molar-refractivity contribution < 1.29 is 24.2 Å². The zero-order chi connectivity index (χ0) is 14.4. The molecular weight excluding hydrogens is 262 g/mol. The van der Waals surface area contributed by atoms with Gasteiger partial charge in [0.1, 0.15) is 0 Å². The molecule has 112 valence electrons. The van der Waals surface area contributed by atoms with Crippen LogP contribution in [0.1, 0.15) is 25.7 Å². The molecule has 1 amide bonds. The van der Waals surface area contributed by atoms with Crippen LogP contribution in [-0.4, -0.2) is 60.4 Å². The number of nitrogens with zero attached hydrogens (tertiary/aromatic N) is 1. The van der Waals surface area contributed by atoms with Gasteiger partial charge in [-0.1, -0.05) is 0 Å². The molecule has 0 bridgehead atoms. The monoisotopic (exact) mass is 283 g/mol. The highest BCUT2D eigenvalue weighted by molar-refractivity contribution is 5.93. The molecule has 0 aliphatic carbocycles. The summed E-state index contributed by atoms with van der Waals surface area (Å²) in [4.78, 5) is 24.2. The van der Waals surface area contributed by atoms with E-state index in [0.717, 1.165) is 51.0 Å². The molecule has 1 N–H and O–H groups in total. The summed E-state index contributed by atoms with van der Waals surface area (Å²) in [6.07, 6.45) is 6.00. The van der Waals surface area contributed by atoms with Gasteiger partial charge in [0, 0.05) is 38.5 Å². The molecule has 0 aromatic carbocycles. The largest absolute Gasteiger partial charge is 0.478 e. The molecule has 2 rings (SSSR count). The van der Waals surface area contributed by atoms with E-state index in [2.05, 4.69) is 0 Å². The van der Waals surface area contributed by atoms with Crippen LogP contribution in [0.3, 0.4) is 0 Å². The average Bonchev–Trinajstić information content (AvgIpc) is 3.08. The van der Waals surface area contributed by atoms with E-state index < -0.39 is 5.97 Å². The van der Waals surface area contributed by atoms with Crippen molar-refractivity contribution >= 4 is 11.9 Å². The topological polar surface area (TPSA) is 76.1 Å². The van der Waals surface area contributed by atoms with Crippen molar-refractivity contribution in [2.75, 3.05) is 26.3 Å². The summed E-state index contributed by atoms with van der Waals surface area (Å²) in [5.41, 5.74) is 0. The Bertz CT molecular complexity index is 352. The first-order chi connectivity index (χ1) is 9.65. The lowest BCUT2D eigenvalue weighted by molar-refractivity contribution is -0.133. The van der Waals surface area contributed by atoms with E-state index in [1.807, 2.05) is 0 Å². The summed E-state index contributed by atoms with van der Waals surface area (Å²) in [6, 6.07) is 0. The number of carboxylic acids is 1. The molecule has 6 nitrogen and oxygen atoms in total. The van der Waals surface area contributed by atoms with Crippen molar-refractivity contribution in [2.24, 2.45) is 0 Å². The number of carboxylic acid groups (broad SMARTS) is 1. The normalized spacial score (nSPS) is 26.2. The van der Waals surface area contributed by atoms with Gasteiger partial charge in [-0.3, -0.25) is 4.79 Å². The Labute approximate surface area is 118 Å². The molecule has 2 atom stereocenters. The molecule has 2 heterocycles. The zero-order valence-electron chi connectivity index (χ0n) is 11.5. The quantitative estimate of drug-likeness (QED) is 0.730. The molecule has 2 unspecified atom stereocenters. The second-order valence-corrected chi connectivity index (χ2v) is 5.18. The summed E-state index contributed by atoms with van der Waals surface area (Å²) in [6.45, 7) is 2.47. The summed E-state index contributed by atoms with van der Waals surface area (Å²) in [5, 5.41) is 8.61. The Morgan fingerprint density at radius 2 is 1.60 bits per heavy atom. The lowest BCUT2D eigenvalue weighted by Crippen LogP contribution is -2.41. The van der Waals surface area contributed by atoms with E-state index in [1.54, 1.807) is 4.90 Å². The van der Waals surface area contributed by atoms with Crippen molar-refractivity contribution in [3.8, 4) is 0 Å². The van der Waals surface area contributed by atoms with Gasteiger partial charge >= 0.3 is 5.97 Å². The molecule has 0 saturated carbocycles. The summed E-state index contributed by atoms with van der Waals surface area (Å²) < 4.78 is 11.1. The first-order valence-corrected chi connectivity index (χ1v) is 7.08. The summed E-state index contributed by atoms with van der Waals surface area (Å²) in [7, 11) is 0. The third-order valence-electron chi connectivity index (χ3n) is 3.58. The van der Waals surface area contributed by atoms with Gasteiger partial charge in [0.05, 0.1) is 12.2 Å². The fourth-order valence-corrected chi connectivity index (χ4v) is 2.57. The molecule has 2 fully saturated rings. The molecule has 2 aliphatic rings. The van der Waals surface area contributed by atoms with Gasteiger partial charge in [0.15, 0.2) is 0 Å². The first-order valence-electron chi connectivity index (χ1n) is 7.08. The fraction of sp³-hybridized carbons (Fsp3) is 0.714. The second kappa shape index (κ2) is 7.40. The number of carbonyl (C=O) groups excluding carboxylic acids is 1. The Balaban J connectivity index is 1.93. The van der Waals surface area contributed by atoms with Crippen LogP contribution < -0.4 is 0 Å². The molecule has 0 spiro atoms. The molecule has 0 aromatic rings. The van der Waals surface area contributed by atoms with Crippen LogP contribution in [0.2, 0.25) is 0 Å². The molecule has 6 heteroatoms. The van der Waals surface area contributed by atoms with Gasteiger partial charge in [0.25, 0.3) is 0 Å². The predicted octanol–water partition coefficient (Wildman–Crippen LogP) is 0.814. The van der Waals surface area contributed by atoms with Crippen LogP contribution in [-0.2, 0) is 19.1 Å². The predicted molar refractivity (Wildman–Crippen MR) is 71.3 cm³/mol. The minimum Gasteiger partial charge on any atom is -0.478 e. The maximum atomic E-state index is 12.1. The Morgan fingerprint density at radius 1 is 1.05 bits per heavy atom. The summed E-state index contributed by atoms with van der Waals surface area (Å²) >= 11 is 0. The van der Waals surface area contributed by atoms with E-state index in [0.29, 0.717) is 13.1 Å². The van der Waals surface area contributed by atoms with E-state index in [-0.39, 0.29) is 18.1 Å². The van der Waals surface area contributed by atoms with Gasteiger partial charge in [-0.15, -0.1) is 0 Å². The zero-order valence-corrected chi connectivity index (χ0v) is 11.5. The lowest BCUT2D eigenvalue weighted by Gasteiger charge is -2.26. The van der Waals surface area contributed by atoms with Crippen molar-refractivity contribution in [3.05, 3.63) is 12.2 Å². The van der Waals surface area contributed by atoms with E-state index in [1.165, 1.54) is 0 Å². The lowest BCUT2D eigenvalue weighted by atomic mass is 10.2. The SMILES string of the molecule is O=C(O)/C=C/C(=O)N(CC1CCCO1)CC1CCCO1. The van der Waals surface area contributed by atoms with Crippen molar-refractivity contribution in [3.63, 3.8) is 0 Å². The highest BCUT2D eigenvalue weighted by Crippen LogP contribution is 2.17. The molecular formula is C14H21NO5. The maximum Gasteiger partial charge on any atom is 0.328 e. The van der Waals surface area contributed by atoms with Crippen LogP contribution in [0.15, 0.2) is 12.2 Å². The highest BCUT2D eigenvalue weighted by atomic mass is 16.5. The number of rotatable bonds is 6. The smallest absolute Gasteiger partial charge is 0.328 e. The van der Waals surface area contributed by atoms with Crippen LogP contribution >= 0.6 is 0 Å². The van der Waals surface area contributed by atoms with Gasteiger partial charge in [-0.25, -0.2) is 4.79 Å². The van der Waals surface area contributed by atoms with E-state index in [9.17, 15) is 9.59 Å². The van der Waals surface area contributed by atoms with Crippen molar-refractivity contribution in [1.29, 1.82) is 0 Å². The van der Waals surface area contributed by atoms with Gasteiger partial charge in [0.2, 0.25) is 5.91 Å². The van der Waals surface area contributed by atoms with Crippen LogP contribution in [0, 0.1) is 0 Å². The first kappa shape index (κ1) is 15.0. The second-order valence-electron chi connectivity index (χ2n) is 5.18. The molecule has 2 aliphatic heterocycles. The number of amides is 1. The van der Waals surface area contributed by atoms with Gasteiger partial charge in [-0.2, -0.15) is 0 Å². The van der Waals surface area contributed by atoms with Crippen LogP contribution in [0.4, 0.5) is 0 Å². The maximum absolute atomic E-state index is 12.1. The molecule has 0 radical (unpaired) electrons. The highest BCUT2D eigenvalue weighted by Gasteiger charge is 2.25. The van der Waals surface area contributed by atoms with E-state index >= 15 is 0 Å². The molecule has 0 aromatic heterocycles. The fourth-order valence-electron chi connectivity index (χ4n) is 2.57. The average molecular weight is 283 g/mol. The van der Waals surface area contributed by atoms with Crippen LogP contribution in [0.25, 0.3) is 0 Å². The van der Waals surface area contributed by atoms with Crippen molar-refractivity contribution in [1.82, 2.24) is 4.90 Å².